The molecule has 0 aliphatic rings. The van der Waals surface area contributed by atoms with E-state index in [0.29, 0.717) is 6.42 Å². The molecule has 134 valence electrons. The number of hydrogen-bond donors (Lipinski definition) is 4. The molecule has 2 aromatic rings. The molecule has 7 nitrogen and oxygen atoms in total. The first-order valence-electron chi connectivity index (χ1n) is 8.26. The highest BCUT2D eigenvalue weighted by atomic mass is 16.2. The number of carbonyl (C=O) groups is 3. The first-order chi connectivity index (χ1) is 11.9. The Balaban J connectivity index is 2.06. The van der Waals surface area contributed by atoms with E-state index in [2.05, 4.69) is 20.9 Å². The number of aromatic nitrogens is 1. The fraction of sp³-hybridized carbons (Fsp3) is 0.389. The molecule has 1 aromatic carbocycles. The number of rotatable bonds is 7. The van der Waals surface area contributed by atoms with Crippen LogP contribution in [0.25, 0.3) is 10.9 Å². The van der Waals surface area contributed by atoms with Gasteiger partial charge in [-0.2, -0.15) is 0 Å². The van der Waals surface area contributed by atoms with Gasteiger partial charge in [0.05, 0.1) is 6.54 Å². The molecule has 0 saturated heterocycles. The molecule has 0 bridgehead atoms. The third kappa shape index (κ3) is 5.34. The number of amides is 3. The Bertz CT molecular complexity index is 767. The minimum Gasteiger partial charge on any atom is -0.361 e. The van der Waals surface area contributed by atoms with E-state index in [1.807, 2.05) is 44.3 Å². The molecular formula is C18H24N4O3. The second kappa shape index (κ2) is 8.32. The van der Waals surface area contributed by atoms with Gasteiger partial charge in [0, 0.05) is 36.5 Å². The minimum absolute atomic E-state index is 0.00163. The number of carbonyl (C=O) groups excluding carboxylic acids is 3. The molecule has 0 spiro atoms. The van der Waals surface area contributed by atoms with Crippen LogP contribution in [-0.2, 0) is 20.8 Å². The van der Waals surface area contributed by atoms with Crippen molar-refractivity contribution in [2.75, 3.05) is 6.54 Å². The summed E-state index contributed by atoms with van der Waals surface area (Å²) in [6, 6.07) is 7.00. The molecule has 0 aliphatic carbocycles. The Morgan fingerprint density at radius 2 is 1.84 bits per heavy atom. The summed E-state index contributed by atoms with van der Waals surface area (Å²) in [6.07, 6.45) is 2.17. The van der Waals surface area contributed by atoms with Gasteiger partial charge in [0.2, 0.25) is 17.7 Å². The fourth-order valence-corrected chi connectivity index (χ4v) is 2.64. The zero-order valence-corrected chi connectivity index (χ0v) is 14.7. The van der Waals surface area contributed by atoms with E-state index in [9.17, 15) is 14.4 Å². The van der Waals surface area contributed by atoms with E-state index in [0.717, 1.165) is 16.5 Å². The molecule has 4 N–H and O–H groups in total. The minimum atomic E-state index is -0.747. The van der Waals surface area contributed by atoms with Crippen molar-refractivity contribution >= 4 is 28.6 Å². The van der Waals surface area contributed by atoms with E-state index in [4.69, 9.17) is 0 Å². The van der Waals surface area contributed by atoms with Crippen molar-refractivity contribution < 1.29 is 14.4 Å². The predicted octanol–water partition coefficient (Wildman–Crippen LogP) is 0.856. The Hall–Kier alpha value is -2.83. The molecule has 2 rings (SSSR count). The van der Waals surface area contributed by atoms with Crippen molar-refractivity contribution in [2.45, 2.75) is 39.3 Å². The number of para-hydroxylation sites is 1. The molecule has 0 saturated carbocycles. The first kappa shape index (κ1) is 18.5. The summed E-state index contributed by atoms with van der Waals surface area (Å²) in [5.74, 6) is -0.956. The average Bonchev–Trinajstić information content (AvgIpc) is 2.94. The third-order valence-electron chi connectivity index (χ3n) is 3.67. The van der Waals surface area contributed by atoms with Gasteiger partial charge >= 0.3 is 0 Å². The van der Waals surface area contributed by atoms with Gasteiger partial charge in [-0.15, -0.1) is 0 Å². The van der Waals surface area contributed by atoms with Crippen LogP contribution in [0.2, 0.25) is 0 Å². The molecule has 0 fully saturated rings. The zero-order valence-electron chi connectivity index (χ0n) is 14.7. The van der Waals surface area contributed by atoms with Crippen molar-refractivity contribution in [3.05, 3.63) is 36.0 Å². The standard InChI is InChI=1S/C18H24N4O3/c1-11(2)21-17(24)10-20-18(25)16(22-12(3)23)8-13-9-19-15-7-5-4-6-14(13)15/h4-7,9,11,16,19H,8,10H2,1-3H3,(H,20,25)(H,21,24)(H,22,23). The number of hydrogen-bond acceptors (Lipinski definition) is 3. The molecular weight excluding hydrogens is 320 g/mol. The molecule has 1 heterocycles. The Labute approximate surface area is 146 Å². The highest BCUT2D eigenvalue weighted by Crippen LogP contribution is 2.19. The highest BCUT2D eigenvalue weighted by Gasteiger charge is 2.22. The van der Waals surface area contributed by atoms with Gasteiger partial charge in [-0.05, 0) is 25.5 Å². The average molecular weight is 344 g/mol. The molecule has 1 atom stereocenters. The van der Waals surface area contributed by atoms with Crippen molar-refractivity contribution in [1.29, 1.82) is 0 Å². The van der Waals surface area contributed by atoms with Gasteiger partial charge in [-0.3, -0.25) is 14.4 Å². The summed E-state index contributed by atoms with van der Waals surface area (Å²) in [7, 11) is 0. The van der Waals surface area contributed by atoms with Crippen molar-refractivity contribution in [3.8, 4) is 0 Å². The van der Waals surface area contributed by atoms with Gasteiger partial charge in [-0.25, -0.2) is 0 Å². The van der Waals surface area contributed by atoms with Crippen molar-refractivity contribution in [3.63, 3.8) is 0 Å². The monoisotopic (exact) mass is 344 g/mol. The van der Waals surface area contributed by atoms with E-state index in [-0.39, 0.29) is 30.3 Å². The first-order valence-corrected chi connectivity index (χ1v) is 8.26. The largest absolute Gasteiger partial charge is 0.361 e. The lowest BCUT2D eigenvalue weighted by atomic mass is 10.0. The van der Waals surface area contributed by atoms with Crippen LogP contribution in [0, 0.1) is 0 Å². The van der Waals surface area contributed by atoms with Gasteiger partial charge in [0.25, 0.3) is 0 Å². The molecule has 0 aliphatic heterocycles. The number of nitrogens with one attached hydrogen (secondary N) is 4. The lowest BCUT2D eigenvalue weighted by Gasteiger charge is -2.17. The SMILES string of the molecule is CC(=O)NC(Cc1c[nH]c2ccccc12)C(=O)NCC(=O)NC(C)C. The fourth-order valence-electron chi connectivity index (χ4n) is 2.64. The Morgan fingerprint density at radius 1 is 1.12 bits per heavy atom. The maximum absolute atomic E-state index is 12.4. The maximum Gasteiger partial charge on any atom is 0.243 e. The van der Waals surface area contributed by atoms with Crippen molar-refractivity contribution in [2.24, 2.45) is 0 Å². The Morgan fingerprint density at radius 3 is 2.52 bits per heavy atom. The van der Waals surface area contributed by atoms with Crippen LogP contribution in [0.4, 0.5) is 0 Å². The molecule has 1 aromatic heterocycles. The van der Waals surface area contributed by atoms with Crippen LogP contribution in [0.3, 0.4) is 0 Å². The highest BCUT2D eigenvalue weighted by molar-refractivity contribution is 5.91. The predicted molar refractivity (Wildman–Crippen MR) is 95.9 cm³/mol. The lowest BCUT2D eigenvalue weighted by Crippen LogP contribution is -2.50. The topological polar surface area (TPSA) is 103 Å². The van der Waals surface area contributed by atoms with Gasteiger partial charge < -0.3 is 20.9 Å². The van der Waals surface area contributed by atoms with Gasteiger partial charge in [0.1, 0.15) is 6.04 Å². The van der Waals surface area contributed by atoms with E-state index in [1.54, 1.807) is 0 Å². The van der Waals surface area contributed by atoms with Crippen LogP contribution >= 0.6 is 0 Å². The van der Waals surface area contributed by atoms with Crippen LogP contribution in [0.1, 0.15) is 26.3 Å². The summed E-state index contributed by atoms with van der Waals surface area (Å²) < 4.78 is 0. The maximum atomic E-state index is 12.4. The zero-order chi connectivity index (χ0) is 18.4. The summed E-state index contributed by atoms with van der Waals surface area (Å²) in [5, 5.41) is 8.93. The van der Waals surface area contributed by atoms with Gasteiger partial charge in [-0.1, -0.05) is 18.2 Å². The molecule has 7 heteroatoms. The van der Waals surface area contributed by atoms with Crippen LogP contribution in [-0.4, -0.2) is 41.3 Å². The number of aromatic amines is 1. The molecule has 25 heavy (non-hydrogen) atoms. The van der Waals surface area contributed by atoms with Gasteiger partial charge in [0.15, 0.2) is 0 Å². The van der Waals surface area contributed by atoms with E-state index < -0.39 is 6.04 Å². The third-order valence-corrected chi connectivity index (χ3v) is 3.67. The van der Waals surface area contributed by atoms with Crippen LogP contribution < -0.4 is 16.0 Å². The van der Waals surface area contributed by atoms with Crippen LogP contribution in [0.15, 0.2) is 30.5 Å². The summed E-state index contributed by atoms with van der Waals surface area (Å²) >= 11 is 0. The quantitative estimate of drug-likeness (QED) is 0.599. The summed E-state index contributed by atoms with van der Waals surface area (Å²) in [4.78, 5) is 38.7. The summed E-state index contributed by atoms with van der Waals surface area (Å²) in [6.45, 7) is 4.93. The summed E-state index contributed by atoms with van der Waals surface area (Å²) in [5.41, 5.74) is 1.90. The second-order valence-corrected chi connectivity index (χ2v) is 6.26. The van der Waals surface area contributed by atoms with E-state index >= 15 is 0 Å². The molecule has 1 unspecified atom stereocenters. The molecule has 3 amide bonds. The number of H-pyrrole nitrogens is 1. The lowest BCUT2D eigenvalue weighted by molar-refractivity contribution is -0.129. The Kier molecular flexibility index (Phi) is 6.16. The molecule has 0 radical (unpaired) electrons. The normalized spacial score (nSPS) is 12.0. The number of benzene rings is 1. The second-order valence-electron chi connectivity index (χ2n) is 6.26. The van der Waals surface area contributed by atoms with E-state index in [1.165, 1.54) is 6.92 Å². The number of fused-ring (bicyclic) bond motifs is 1. The van der Waals surface area contributed by atoms with Crippen LogP contribution in [0.5, 0.6) is 0 Å². The van der Waals surface area contributed by atoms with Crippen molar-refractivity contribution in [1.82, 2.24) is 20.9 Å². The smallest absolute Gasteiger partial charge is 0.243 e.